The monoisotopic (exact) mass is 267 g/mol. The predicted octanol–water partition coefficient (Wildman–Crippen LogP) is 4.23. The Hall–Kier alpha value is -1.60. The minimum absolute atomic E-state index is 0.182. The van der Waals surface area contributed by atoms with Gasteiger partial charge in [-0.1, -0.05) is 67.9 Å². The van der Waals surface area contributed by atoms with Crippen molar-refractivity contribution in [3.63, 3.8) is 0 Å². The fourth-order valence-electron chi connectivity index (χ4n) is 2.56. The summed E-state index contributed by atoms with van der Waals surface area (Å²) < 4.78 is 0. The van der Waals surface area contributed by atoms with Crippen LogP contribution in [0.25, 0.3) is 0 Å². The number of rotatable bonds is 5. The summed E-state index contributed by atoms with van der Waals surface area (Å²) >= 11 is 0. The van der Waals surface area contributed by atoms with E-state index in [1.54, 1.807) is 0 Å². The van der Waals surface area contributed by atoms with Gasteiger partial charge in [-0.15, -0.1) is 0 Å². The van der Waals surface area contributed by atoms with Gasteiger partial charge in [0.05, 0.1) is 0 Å². The van der Waals surface area contributed by atoms with Gasteiger partial charge in [0, 0.05) is 6.04 Å². The van der Waals surface area contributed by atoms with Gasteiger partial charge < -0.3 is 5.73 Å². The van der Waals surface area contributed by atoms with E-state index in [4.69, 9.17) is 5.73 Å². The van der Waals surface area contributed by atoms with E-state index in [1.165, 1.54) is 22.3 Å². The van der Waals surface area contributed by atoms with Crippen molar-refractivity contribution in [3.05, 3.63) is 70.8 Å². The second-order valence-electron chi connectivity index (χ2n) is 6.05. The van der Waals surface area contributed by atoms with Crippen molar-refractivity contribution in [2.45, 2.75) is 45.6 Å². The average Bonchev–Trinajstić information content (AvgIpc) is 2.39. The molecule has 2 N–H and O–H groups in total. The van der Waals surface area contributed by atoms with Gasteiger partial charge in [0.1, 0.15) is 0 Å². The van der Waals surface area contributed by atoms with Crippen LogP contribution in [-0.4, -0.2) is 6.04 Å². The molecule has 1 nitrogen and oxygen atoms in total. The minimum Gasteiger partial charge on any atom is -0.327 e. The summed E-state index contributed by atoms with van der Waals surface area (Å²) in [5.41, 5.74) is 11.6. The molecule has 0 aliphatic rings. The first kappa shape index (κ1) is 14.8. The summed E-state index contributed by atoms with van der Waals surface area (Å²) in [5.74, 6) is 0.588. The van der Waals surface area contributed by atoms with Crippen LogP contribution in [0, 0.1) is 6.92 Å². The first-order valence-corrected chi connectivity index (χ1v) is 7.44. The Bertz CT molecular complexity index is 540. The third-order valence-electron chi connectivity index (χ3n) is 3.72. The average molecular weight is 267 g/mol. The van der Waals surface area contributed by atoms with Crippen LogP contribution in [0.1, 0.15) is 42.0 Å². The predicted molar refractivity (Wildman–Crippen MR) is 87.1 cm³/mol. The summed E-state index contributed by atoms with van der Waals surface area (Å²) in [4.78, 5) is 0. The highest BCUT2D eigenvalue weighted by Gasteiger charge is 2.06. The van der Waals surface area contributed by atoms with Crippen LogP contribution in [0.5, 0.6) is 0 Å². The molecule has 0 bridgehead atoms. The second-order valence-corrected chi connectivity index (χ2v) is 6.05. The molecule has 0 spiro atoms. The van der Waals surface area contributed by atoms with E-state index in [-0.39, 0.29) is 6.04 Å². The molecule has 2 rings (SSSR count). The fourth-order valence-corrected chi connectivity index (χ4v) is 2.56. The standard InChI is InChI=1S/C19H25N/c1-14(2)18-9-7-16(8-10-18)12-19(20)13-17-6-4-5-15(3)11-17/h4-11,14,19H,12-13,20H2,1-3H3. The molecule has 1 unspecified atom stereocenters. The summed E-state index contributed by atoms with van der Waals surface area (Å²) in [6.45, 7) is 6.57. The van der Waals surface area contributed by atoms with Gasteiger partial charge in [-0.25, -0.2) is 0 Å². The summed E-state index contributed by atoms with van der Waals surface area (Å²) in [5, 5.41) is 0. The minimum atomic E-state index is 0.182. The maximum atomic E-state index is 6.29. The van der Waals surface area contributed by atoms with E-state index in [0.717, 1.165) is 12.8 Å². The van der Waals surface area contributed by atoms with E-state index < -0.39 is 0 Å². The van der Waals surface area contributed by atoms with Crippen molar-refractivity contribution >= 4 is 0 Å². The van der Waals surface area contributed by atoms with Crippen LogP contribution in [0.4, 0.5) is 0 Å². The van der Waals surface area contributed by atoms with E-state index in [2.05, 4.69) is 69.3 Å². The van der Waals surface area contributed by atoms with Crippen molar-refractivity contribution in [2.24, 2.45) is 5.73 Å². The lowest BCUT2D eigenvalue weighted by Crippen LogP contribution is -2.25. The number of benzene rings is 2. The van der Waals surface area contributed by atoms with Crippen molar-refractivity contribution < 1.29 is 0 Å². The van der Waals surface area contributed by atoms with Gasteiger partial charge >= 0.3 is 0 Å². The zero-order valence-electron chi connectivity index (χ0n) is 12.8. The van der Waals surface area contributed by atoms with Crippen LogP contribution >= 0.6 is 0 Å². The van der Waals surface area contributed by atoms with E-state index in [0.29, 0.717) is 5.92 Å². The molecule has 106 valence electrons. The lowest BCUT2D eigenvalue weighted by atomic mass is 9.96. The molecular weight excluding hydrogens is 242 g/mol. The quantitative estimate of drug-likeness (QED) is 0.862. The first-order chi connectivity index (χ1) is 9.54. The molecule has 0 aliphatic heterocycles. The van der Waals surface area contributed by atoms with Crippen molar-refractivity contribution in [1.82, 2.24) is 0 Å². The first-order valence-electron chi connectivity index (χ1n) is 7.44. The molecule has 1 heteroatoms. The Kier molecular flexibility index (Phi) is 4.97. The molecule has 1 atom stereocenters. The Morgan fingerprint density at radius 1 is 0.900 bits per heavy atom. The van der Waals surface area contributed by atoms with Crippen LogP contribution in [-0.2, 0) is 12.8 Å². The smallest absolute Gasteiger partial charge is 0.0120 e. The zero-order valence-corrected chi connectivity index (χ0v) is 12.8. The maximum absolute atomic E-state index is 6.29. The molecule has 2 aromatic rings. The normalized spacial score (nSPS) is 12.7. The molecular formula is C19H25N. The largest absolute Gasteiger partial charge is 0.327 e. The third-order valence-corrected chi connectivity index (χ3v) is 3.72. The molecule has 2 aromatic carbocycles. The Morgan fingerprint density at radius 3 is 2.15 bits per heavy atom. The highest BCUT2D eigenvalue weighted by atomic mass is 14.6. The third kappa shape index (κ3) is 4.21. The Balaban J connectivity index is 1.95. The van der Waals surface area contributed by atoms with Gasteiger partial charge in [0.15, 0.2) is 0 Å². The lowest BCUT2D eigenvalue weighted by molar-refractivity contribution is 0.664. The van der Waals surface area contributed by atoms with Crippen LogP contribution in [0.2, 0.25) is 0 Å². The molecule has 0 aromatic heterocycles. The lowest BCUT2D eigenvalue weighted by Gasteiger charge is -2.13. The van der Waals surface area contributed by atoms with E-state index in [9.17, 15) is 0 Å². The molecule has 0 heterocycles. The molecule has 0 radical (unpaired) electrons. The summed E-state index contributed by atoms with van der Waals surface area (Å²) in [6, 6.07) is 17.7. The molecule has 0 aliphatic carbocycles. The Labute approximate surface area is 122 Å². The molecule has 0 amide bonds. The van der Waals surface area contributed by atoms with Gasteiger partial charge in [0.2, 0.25) is 0 Å². The van der Waals surface area contributed by atoms with Crippen molar-refractivity contribution in [2.75, 3.05) is 0 Å². The molecule has 20 heavy (non-hydrogen) atoms. The van der Waals surface area contributed by atoms with Crippen LogP contribution in [0.3, 0.4) is 0 Å². The fraction of sp³-hybridized carbons (Fsp3) is 0.368. The van der Waals surface area contributed by atoms with Gasteiger partial charge in [-0.05, 0) is 42.4 Å². The molecule has 0 fully saturated rings. The number of nitrogens with two attached hydrogens (primary N) is 1. The molecule has 0 saturated carbocycles. The second kappa shape index (κ2) is 6.71. The van der Waals surface area contributed by atoms with E-state index >= 15 is 0 Å². The van der Waals surface area contributed by atoms with Crippen LogP contribution < -0.4 is 5.73 Å². The summed E-state index contributed by atoms with van der Waals surface area (Å²) in [6.07, 6.45) is 1.87. The molecule has 0 saturated heterocycles. The van der Waals surface area contributed by atoms with Gasteiger partial charge in [-0.2, -0.15) is 0 Å². The number of hydrogen-bond acceptors (Lipinski definition) is 1. The SMILES string of the molecule is Cc1cccc(CC(N)Cc2ccc(C(C)C)cc2)c1. The number of hydrogen-bond donors (Lipinski definition) is 1. The number of aryl methyl sites for hydroxylation is 1. The van der Waals surface area contributed by atoms with Crippen molar-refractivity contribution in [3.8, 4) is 0 Å². The topological polar surface area (TPSA) is 26.0 Å². The van der Waals surface area contributed by atoms with Gasteiger partial charge in [-0.3, -0.25) is 0 Å². The van der Waals surface area contributed by atoms with Crippen molar-refractivity contribution in [1.29, 1.82) is 0 Å². The Morgan fingerprint density at radius 2 is 1.55 bits per heavy atom. The van der Waals surface area contributed by atoms with Crippen LogP contribution in [0.15, 0.2) is 48.5 Å². The van der Waals surface area contributed by atoms with E-state index in [1.807, 2.05) is 0 Å². The summed E-state index contributed by atoms with van der Waals surface area (Å²) in [7, 11) is 0. The maximum Gasteiger partial charge on any atom is 0.0120 e. The van der Waals surface area contributed by atoms with Gasteiger partial charge in [0.25, 0.3) is 0 Å². The highest BCUT2D eigenvalue weighted by Crippen LogP contribution is 2.16. The highest BCUT2D eigenvalue weighted by molar-refractivity contribution is 5.26. The zero-order chi connectivity index (χ0) is 14.5.